The number of aliphatic hydroxyl groups is 16. The average Bonchev–Trinajstić information content (AvgIpc) is 3.28. The molecule has 28 atom stereocenters. The Hall–Kier alpha value is -1.54. The Morgan fingerprint density at radius 1 is 0.391 bits per heavy atom. The van der Waals surface area contributed by atoms with Crippen molar-refractivity contribution in [3.63, 3.8) is 0 Å². The second-order valence-electron chi connectivity index (χ2n) is 16.3. The highest BCUT2D eigenvalue weighted by atomic mass is 16.8. The first kappa shape index (κ1) is 51.8. The summed E-state index contributed by atoms with van der Waals surface area (Å²) in [5.74, 6) is 0. The Morgan fingerprint density at radius 2 is 0.828 bits per heavy atom. The minimum absolute atomic E-state index is 0.623. The molecule has 6 rings (SSSR count). The maximum Gasteiger partial charge on any atom is 0.187 e. The largest absolute Gasteiger partial charge is 0.493 e. The lowest BCUT2D eigenvalue weighted by molar-refractivity contribution is -0.390. The first-order valence-electron chi connectivity index (χ1n) is 20.6. The summed E-state index contributed by atoms with van der Waals surface area (Å²) >= 11 is 0. The summed E-state index contributed by atoms with van der Waals surface area (Å²) in [4.78, 5) is 0. The fourth-order valence-corrected chi connectivity index (χ4v) is 8.20. The van der Waals surface area contributed by atoms with Crippen LogP contribution in [0.3, 0.4) is 0 Å². The van der Waals surface area contributed by atoms with Crippen molar-refractivity contribution in [3.05, 3.63) is 12.3 Å². The fourth-order valence-electron chi connectivity index (χ4n) is 8.20. The molecule has 0 bridgehead atoms. The molecule has 18 unspecified atom stereocenters. The van der Waals surface area contributed by atoms with Gasteiger partial charge < -0.3 is 140 Å². The smallest absolute Gasteiger partial charge is 0.187 e. The van der Waals surface area contributed by atoms with Crippen molar-refractivity contribution in [2.45, 2.75) is 179 Å². The fraction of sp³-hybridized carbons (Fsp3) is 0.944. The van der Waals surface area contributed by atoms with Gasteiger partial charge in [-0.2, -0.15) is 0 Å². The summed E-state index contributed by atoms with van der Waals surface area (Å²) in [6.45, 7) is -2.96. The lowest BCUT2D eigenvalue weighted by atomic mass is 9.94. The van der Waals surface area contributed by atoms with E-state index in [2.05, 4.69) is 0 Å². The van der Waals surface area contributed by atoms with Gasteiger partial charge in [0.2, 0.25) is 0 Å². The van der Waals surface area contributed by atoms with Crippen molar-refractivity contribution in [2.75, 3.05) is 33.0 Å². The molecule has 0 radical (unpaired) electrons. The van der Waals surface area contributed by atoms with Gasteiger partial charge in [-0.05, 0) is 13.0 Å². The van der Waals surface area contributed by atoms with Crippen LogP contribution in [0.25, 0.3) is 0 Å². The van der Waals surface area contributed by atoms with E-state index in [0.717, 1.165) is 6.26 Å². The van der Waals surface area contributed by atoms with Crippen LogP contribution in [0, 0.1) is 0 Å². The maximum atomic E-state index is 11.5. The summed E-state index contributed by atoms with van der Waals surface area (Å²) in [7, 11) is 0. The van der Waals surface area contributed by atoms with E-state index < -0.39 is 205 Å². The molecular formula is C36H61NO27. The van der Waals surface area contributed by atoms with Gasteiger partial charge in [0.15, 0.2) is 31.5 Å². The Labute approximate surface area is 363 Å². The molecule has 64 heavy (non-hydrogen) atoms. The first-order chi connectivity index (χ1) is 30.4. The highest BCUT2D eigenvalue weighted by Crippen LogP contribution is 2.36. The second-order valence-corrected chi connectivity index (χ2v) is 16.3. The van der Waals surface area contributed by atoms with Gasteiger partial charge in [-0.3, -0.25) is 0 Å². The van der Waals surface area contributed by atoms with Crippen molar-refractivity contribution >= 4 is 0 Å². The number of ether oxygens (including phenoxy) is 11. The molecule has 6 heterocycles. The highest BCUT2D eigenvalue weighted by Gasteiger charge is 2.57. The standard InChI is InChI=1S/C36H61NO27/c1-9-17(44)21(48)24(51)33(55-9)64-31-22(49)18(45)11(4-38)58-36(31)62-29-16(37)32(56-12(5-39)19(29)46)63-30-20(47)13(6-40)57-35(26(30)53)61-28-15(8-42)59-34(25(52)23(28)50)60-27-10(43)2-3-54-14(27)7-41/h2-3,9-36,38-53H,4-8,37H2,1H3/t9?,10?,11?,12?,13?,14?,15?,16?,17-,18-,19-,20-,21?,22?,23?,24?,25?,26?,27-,28-,29?,30?,31?,32?,33-,34-,35+,36-/m0/s1. The Balaban J connectivity index is 1.18. The van der Waals surface area contributed by atoms with E-state index in [-0.39, 0.29) is 0 Å². The molecule has 0 spiro atoms. The topological polar surface area (TPSA) is 451 Å². The van der Waals surface area contributed by atoms with Gasteiger partial charge in [-0.1, -0.05) is 0 Å². The van der Waals surface area contributed by atoms with Gasteiger partial charge in [0, 0.05) is 0 Å². The normalized spacial score (nSPS) is 52.6. The summed E-state index contributed by atoms with van der Waals surface area (Å²) in [5, 5.41) is 170. The minimum Gasteiger partial charge on any atom is -0.493 e. The Kier molecular flexibility index (Phi) is 18.0. The number of nitrogens with two attached hydrogens (primary N) is 1. The van der Waals surface area contributed by atoms with Gasteiger partial charge in [0.1, 0.15) is 128 Å². The molecule has 5 saturated heterocycles. The summed E-state index contributed by atoms with van der Waals surface area (Å²) in [6, 6.07) is -1.70. The second kappa shape index (κ2) is 22.3. The monoisotopic (exact) mass is 939 g/mol. The van der Waals surface area contributed by atoms with Crippen molar-refractivity contribution in [1.82, 2.24) is 0 Å². The van der Waals surface area contributed by atoms with Gasteiger partial charge in [-0.25, -0.2) is 0 Å². The van der Waals surface area contributed by atoms with E-state index >= 15 is 0 Å². The molecular weight excluding hydrogens is 878 g/mol. The molecule has 18 N–H and O–H groups in total. The van der Waals surface area contributed by atoms with Crippen LogP contribution in [0.1, 0.15) is 6.92 Å². The zero-order valence-corrected chi connectivity index (χ0v) is 34.1. The molecule has 372 valence electrons. The molecule has 0 saturated carbocycles. The highest BCUT2D eigenvalue weighted by molar-refractivity contribution is 5.01. The molecule has 0 aromatic carbocycles. The molecule has 0 aliphatic carbocycles. The maximum absolute atomic E-state index is 11.5. The first-order valence-corrected chi connectivity index (χ1v) is 20.6. The third-order valence-electron chi connectivity index (χ3n) is 12.0. The molecule has 28 heteroatoms. The molecule has 0 aromatic rings. The molecule has 6 aliphatic heterocycles. The number of hydrogen-bond donors (Lipinski definition) is 17. The van der Waals surface area contributed by atoms with Crippen molar-refractivity contribution in [2.24, 2.45) is 5.73 Å². The van der Waals surface area contributed by atoms with Gasteiger partial charge in [0.25, 0.3) is 0 Å². The Morgan fingerprint density at radius 3 is 1.45 bits per heavy atom. The minimum atomic E-state index is -2.10. The molecule has 5 fully saturated rings. The molecule has 0 amide bonds. The SMILES string of the molecule is CC1O[C@@H](OC2C(O)[C@@H](O)C(CO)O[C@H]2OC2C(N)C(OC3C(O)[C@@H](O[C@H]4C(CO)O[C@@H](O[C@H]5C(O)C=COC5CO)C(O)C4O)OC(CO)[C@@H]3O)OC(CO)[C@@H]2O)C(O)C(O)[C@H]1O. The van der Waals surface area contributed by atoms with Crippen LogP contribution in [0.4, 0.5) is 0 Å². The van der Waals surface area contributed by atoms with E-state index in [0.29, 0.717) is 0 Å². The zero-order chi connectivity index (χ0) is 46.9. The third-order valence-corrected chi connectivity index (χ3v) is 12.0. The summed E-state index contributed by atoms with van der Waals surface area (Å²) in [6.07, 6.45) is -44.3. The van der Waals surface area contributed by atoms with Crippen molar-refractivity contribution in [3.8, 4) is 0 Å². The predicted molar refractivity (Wildman–Crippen MR) is 197 cm³/mol. The zero-order valence-electron chi connectivity index (χ0n) is 34.1. The molecule has 0 aromatic heterocycles. The van der Waals surface area contributed by atoms with E-state index in [1.54, 1.807) is 0 Å². The van der Waals surface area contributed by atoms with E-state index in [1.165, 1.54) is 13.0 Å². The van der Waals surface area contributed by atoms with Crippen LogP contribution in [-0.2, 0) is 52.1 Å². The summed E-state index contributed by atoms with van der Waals surface area (Å²) in [5.41, 5.74) is 6.48. The number of aliphatic hydroxyl groups excluding tert-OH is 16. The summed E-state index contributed by atoms with van der Waals surface area (Å²) < 4.78 is 62.3. The lowest BCUT2D eigenvalue weighted by Crippen LogP contribution is -2.69. The van der Waals surface area contributed by atoms with Crippen LogP contribution in [0.2, 0.25) is 0 Å². The van der Waals surface area contributed by atoms with Crippen LogP contribution in [0.5, 0.6) is 0 Å². The quantitative estimate of drug-likeness (QED) is 0.0725. The average molecular weight is 940 g/mol. The number of rotatable bonds is 15. The van der Waals surface area contributed by atoms with Crippen molar-refractivity contribution in [1.29, 1.82) is 0 Å². The van der Waals surface area contributed by atoms with Crippen molar-refractivity contribution < 1.29 is 134 Å². The van der Waals surface area contributed by atoms with Gasteiger partial charge in [0.05, 0.1) is 51.4 Å². The Bertz CT molecular complexity index is 1470. The van der Waals surface area contributed by atoms with Gasteiger partial charge in [-0.15, -0.1) is 0 Å². The predicted octanol–water partition coefficient (Wildman–Crippen LogP) is -11.3. The number of hydrogen-bond acceptors (Lipinski definition) is 28. The van der Waals surface area contributed by atoms with Crippen LogP contribution in [0.15, 0.2) is 12.3 Å². The third kappa shape index (κ3) is 10.5. The molecule has 6 aliphatic rings. The lowest BCUT2D eigenvalue weighted by Gasteiger charge is -2.50. The van der Waals surface area contributed by atoms with E-state index in [4.69, 9.17) is 57.8 Å². The van der Waals surface area contributed by atoms with Crippen LogP contribution < -0.4 is 5.73 Å². The van der Waals surface area contributed by atoms with E-state index in [1.807, 2.05) is 0 Å². The van der Waals surface area contributed by atoms with Crippen LogP contribution >= 0.6 is 0 Å². The van der Waals surface area contributed by atoms with Gasteiger partial charge >= 0.3 is 0 Å². The molecule has 28 nitrogen and oxygen atoms in total. The van der Waals surface area contributed by atoms with Crippen LogP contribution in [-0.4, -0.2) is 287 Å². The van der Waals surface area contributed by atoms with E-state index in [9.17, 15) is 81.7 Å².